The summed E-state index contributed by atoms with van der Waals surface area (Å²) in [6, 6.07) is 0. The molecule has 0 amide bonds. The SMILES string of the molecule is CC1C2[C@H](C[C@H]3[C@@H]4CC[C@@H]5C[C@H](O)CC[C@]5(C)[C@H]4CC[C@]23C)O[C@]12CC[C@H](C)CO2. The minimum Gasteiger partial charge on any atom is -0.393 e. The zero-order chi connectivity index (χ0) is 20.9. The molecule has 1 spiro atoms. The van der Waals surface area contributed by atoms with Crippen molar-refractivity contribution in [3.05, 3.63) is 0 Å². The molecule has 3 nitrogen and oxygen atoms in total. The molecule has 2 unspecified atom stereocenters. The zero-order valence-electron chi connectivity index (χ0n) is 19.7. The number of aliphatic hydroxyl groups is 1. The third kappa shape index (κ3) is 2.61. The second kappa shape index (κ2) is 6.70. The van der Waals surface area contributed by atoms with E-state index in [9.17, 15) is 5.11 Å². The summed E-state index contributed by atoms with van der Waals surface area (Å²) in [5.74, 6) is 4.93. The van der Waals surface area contributed by atoms with E-state index < -0.39 is 0 Å². The highest BCUT2D eigenvalue weighted by molar-refractivity contribution is 5.15. The molecule has 3 heteroatoms. The summed E-state index contributed by atoms with van der Waals surface area (Å²) in [4.78, 5) is 0. The summed E-state index contributed by atoms with van der Waals surface area (Å²) in [5, 5.41) is 10.3. The van der Waals surface area contributed by atoms with Gasteiger partial charge in [-0.1, -0.05) is 27.7 Å². The highest BCUT2D eigenvalue weighted by Crippen LogP contribution is 2.71. The lowest BCUT2D eigenvalue weighted by atomic mass is 9.44. The van der Waals surface area contributed by atoms with E-state index in [4.69, 9.17) is 9.47 Å². The van der Waals surface area contributed by atoms with E-state index in [0.717, 1.165) is 49.5 Å². The first-order valence-electron chi connectivity index (χ1n) is 13.3. The van der Waals surface area contributed by atoms with Crippen LogP contribution < -0.4 is 0 Å². The Morgan fingerprint density at radius 3 is 2.40 bits per heavy atom. The van der Waals surface area contributed by atoms with E-state index in [2.05, 4.69) is 27.7 Å². The molecule has 2 saturated heterocycles. The first kappa shape index (κ1) is 20.5. The Bertz CT molecular complexity index is 684. The Labute approximate surface area is 183 Å². The fourth-order valence-corrected chi connectivity index (χ4v) is 10.3. The molecular weight excluding hydrogens is 372 g/mol. The summed E-state index contributed by atoms with van der Waals surface area (Å²) in [6.45, 7) is 10.9. The Balaban J connectivity index is 1.26. The maximum Gasteiger partial charge on any atom is 0.171 e. The normalized spacial score (nSPS) is 62.5. The van der Waals surface area contributed by atoms with Gasteiger partial charge in [-0.2, -0.15) is 0 Å². The summed E-state index contributed by atoms with van der Waals surface area (Å²) in [5.41, 5.74) is 0.899. The van der Waals surface area contributed by atoms with Gasteiger partial charge in [-0.15, -0.1) is 0 Å². The largest absolute Gasteiger partial charge is 0.393 e. The molecule has 6 aliphatic rings. The van der Waals surface area contributed by atoms with Gasteiger partial charge in [0.05, 0.1) is 18.8 Å². The van der Waals surface area contributed by atoms with E-state index in [1.54, 1.807) is 0 Å². The van der Waals surface area contributed by atoms with Crippen LogP contribution in [-0.2, 0) is 9.47 Å². The van der Waals surface area contributed by atoms with Gasteiger partial charge < -0.3 is 14.6 Å². The van der Waals surface area contributed by atoms with Crippen molar-refractivity contribution in [1.82, 2.24) is 0 Å². The number of rotatable bonds is 0. The van der Waals surface area contributed by atoms with Crippen LogP contribution in [0.1, 0.15) is 91.9 Å². The Morgan fingerprint density at radius 1 is 0.833 bits per heavy atom. The van der Waals surface area contributed by atoms with Crippen LogP contribution in [0.3, 0.4) is 0 Å². The predicted molar refractivity (Wildman–Crippen MR) is 118 cm³/mol. The van der Waals surface area contributed by atoms with Crippen LogP contribution in [0.5, 0.6) is 0 Å². The standard InChI is InChI=1S/C27H44O3/c1-16-7-12-27(29-15-16)17(2)24-23(30-27)14-22-20-6-5-18-13-19(28)8-10-25(18,3)21(20)9-11-26(22,24)4/h16-24,28H,5-15H2,1-4H3/t16-,17?,18+,19+,20+,21-,22-,23-,24?,25-,26-,27+/m0/s1. The second-order valence-corrected chi connectivity index (χ2v) is 13.1. The Hall–Kier alpha value is -0.120. The second-order valence-electron chi connectivity index (χ2n) is 13.1. The van der Waals surface area contributed by atoms with Gasteiger partial charge in [0.15, 0.2) is 5.79 Å². The fraction of sp³-hybridized carbons (Fsp3) is 1.00. The lowest BCUT2D eigenvalue weighted by Crippen LogP contribution is -2.55. The smallest absolute Gasteiger partial charge is 0.171 e. The van der Waals surface area contributed by atoms with Crippen LogP contribution in [0.25, 0.3) is 0 Å². The van der Waals surface area contributed by atoms with Crippen molar-refractivity contribution in [2.75, 3.05) is 6.61 Å². The summed E-state index contributed by atoms with van der Waals surface area (Å²) >= 11 is 0. The van der Waals surface area contributed by atoms with Crippen molar-refractivity contribution >= 4 is 0 Å². The maximum absolute atomic E-state index is 10.3. The topological polar surface area (TPSA) is 38.7 Å². The molecule has 0 bridgehead atoms. The van der Waals surface area contributed by atoms with Gasteiger partial charge in [0, 0.05) is 12.3 Å². The summed E-state index contributed by atoms with van der Waals surface area (Å²) in [6.07, 6.45) is 12.9. The average Bonchev–Trinajstić information content (AvgIpc) is 3.16. The van der Waals surface area contributed by atoms with Crippen LogP contribution in [0.15, 0.2) is 0 Å². The van der Waals surface area contributed by atoms with Crippen molar-refractivity contribution in [2.45, 2.75) is 110 Å². The lowest BCUT2D eigenvalue weighted by molar-refractivity contribution is -0.273. The molecule has 6 rings (SSSR count). The van der Waals surface area contributed by atoms with Gasteiger partial charge in [0.1, 0.15) is 0 Å². The van der Waals surface area contributed by atoms with Crippen molar-refractivity contribution in [3.63, 3.8) is 0 Å². The van der Waals surface area contributed by atoms with Crippen molar-refractivity contribution in [2.24, 2.45) is 52.3 Å². The van der Waals surface area contributed by atoms with E-state index in [1.807, 2.05) is 0 Å². The highest BCUT2D eigenvalue weighted by atomic mass is 16.7. The van der Waals surface area contributed by atoms with Crippen LogP contribution in [0.2, 0.25) is 0 Å². The Morgan fingerprint density at radius 2 is 1.63 bits per heavy atom. The van der Waals surface area contributed by atoms with Crippen LogP contribution in [-0.4, -0.2) is 29.7 Å². The predicted octanol–water partition coefficient (Wildman–Crippen LogP) is 5.79. The van der Waals surface area contributed by atoms with Crippen molar-refractivity contribution < 1.29 is 14.6 Å². The van der Waals surface area contributed by atoms with Crippen molar-refractivity contribution in [1.29, 1.82) is 0 Å². The average molecular weight is 417 g/mol. The van der Waals surface area contributed by atoms with E-state index in [0.29, 0.717) is 34.7 Å². The highest BCUT2D eigenvalue weighted by Gasteiger charge is 2.69. The van der Waals surface area contributed by atoms with Crippen molar-refractivity contribution in [3.8, 4) is 0 Å². The molecule has 0 aromatic carbocycles. The molecule has 4 saturated carbocycles. The summed E-state index contributed by atoms with van der Waals surface area (Å²) < 4.78 is 13.4. The lowest BCUT2D eigenvalue weighted by Gasteiger charge is -2.61. The van der Waals surface area contributed by atoms with Crippen LogP contribution in [0, 0.1) is 52.3 Å². The molecule has 2 heterocycles. The van der Waals surface area contributed by atoms with E-state index in [1.165, 1.54) is 44.9 Å². The molecule has 0 radical (unpaired) electrons. The van der Waals surface area contributed by atoms with Gasteiger partial charge in [-0.05, 0) is 104 Å². The molecule has 0 aromatic rings. The van der Waals surface area contributed by atoms with Gasteiger partial charge >= 0.3 is 0 Å². The van der Waals surface area contributed by atoms with Crippen LogP contribution in [0.4, 0.5) is 0 Å². The van der Waals surface area contributed by atoms with Crippen LogP contribution >= 0.6 is 0 Å². The molecule has 30 heavy (non-hydrogen) atoms. The number of hydrogen-bond donors (Lipinski definition) is 1. The quantitative estimate of drug-likeness (QED) is 0.543. The van der Waals surface area contributed by atoms with E-state index >= 15 is 0 Å². The first-order valence-corrected chi connectivity index (χ1v) is 13.3. The van der Waals surface area contributed by atoms with Gasteiger partial charge in [0.2, 0.25) is 0 Å². The maximum atomic E-state index is 10.3. The minimum absolute atomic E-state index is 0.0389. The monoisotopic (exact) mass is 416 g/mol. The molecular formula is C27H44O3. The Kier molecular flexibility index (Phi) is 4.58. The molecule has 2 aliphatic heterocycles. The number of ether oxygens (including phenoxy) is 2. The number of aliphatic hydroxyl groups excluding tert-OH is 1. The fourth-order valence-electron chi connectivity index (χ4n) is 10.3. The first-order chi connectivity index (χ1) is 14.3. The third-order valence-corrected chi connectivity index (χ3v) is 11.9. The molecule has 170 valence electrons. The van der Waals surface area contributed by atoms with Gasteiger partial charge in [-0.25, -0.2) is 0 Å². The number of hydrogen-bond acceptors (Lipinski definition) is 3. The summed E-state index contributed by atoms with van der Waals surface area (Å²) in [7, 11) is 0. The zero-order valence-corrected chi connectivity index (χ0v) is 19.7. The third-order valence-electron chi connectivity index (χ3n) is 11.9. The number of fused-ring (bicyclic) bond motifs is 7. The van der Waals surface area contributed by atoms with Gasteiger partial charge in [-0.3, -0.25) is 0 Å². The molecule has 0 aromatic heterocycles. The van der Waals surface area contributed by atoms with Gasteiger partial charge in [0.25, 0.3) is 0 Å². The molecule has 12 atom stereocenters. The van der Waals surface area contributed by atoms with E-state index in [-0.39, 0.29) is 11.9 Å². The molecule has 6 fully saturated rings. The minimum atomic E-state index is -0.282. The molecule has 1 N–H and O–H groups in total. The molecule has 4 aliphatic carbocycles.